The molecule has 0 radical (unpaired) electrons. The fraction of sp³-hybridized carbons (Fsp3) is 0.440. The molecule has 1 N–H and O–H groups in total. The maximum absolute atomic E-state index is 13.1. The molecule has 0 spiro atoms. The van der Waals surface area contributed by atoms with E-state index in [1.54, 1.807) is 17.9 Å². The first-order chi connectivity index (χ1) is 15.0. The van der Waals surface area contributed by atoms with Gasteiger partial charge < -0.3 is 15.0 Å². The van der Waals surface area contributed by atoms with Crippen LogP contribution in [0.25, 0.3) is 0 Å². The van der Waals surface area contributed by atoms with Crippen LogP contribution >= 0.6 is 11.6 Å². The summed E-state index contributed by atoms with van der Waals surface area (Å²) in [5, 5.41) is 3.66. The summed E-state index contributed by atoms with van der Waals surface area (Å²) in [6.45, 7) is 3.95. The van der Waals surface area contributed by atoms with Crippen LogP contribution in [0, 0.1) is 0 Å². The number of benzene rings is 2. The lowest BCUT2D eigenvalue weighted by Gasteiger charge is -2.30. The molecule has 5 nitrogen and oxygen atoms in total. The Labute approximate surface area is 189 Å². The van der Waals surface area contributed by atoms with Crippen LogP contribution in [0.5, 0.6) is 5.75 Å². The monoisotopic (exact) mass is 442 g/mol. The number of aryl methyl sites for hydroxylation is 1. The lowest BCUT2D eigenvalue weighted by atomic mass is 10.1. The van der Waals surface area contributed by atoms with Crippen molar-refractivity contribution in [2.24, 2.45) is 0 Å². The lowest BCUT2D eigenvalue weighted by Crippen LogP contribution is -2.50. The van der Waals surface area contributed by atoms with Gasteiger partial charge in [-0.05, 0) is 55.5 Å². The third-order valence-corrected chi connectivity index (χ3v) is 6.23. The quantitative estimate of drug-likeness (QED) is 0.609. The topological polar surface area (TPSA) is 58.6 Å². The average molecular weight is 443 g/mol. The normalized spacial score (nSPS) is 14.8. The SMILES string of the molecule is CCc1ccc(OCC(=O)N(Cc2ccccc2Cl)C(C)C(=O)NC2CCCC2)cc1. The van der Waals surface area contributed by atoms with Gasteiger partial charge in [0, 0.05) is 17.6 Å². The molecule has 0 aromatic heterocycles. The van der Waals surface area contributed by atoms with Crippen LogP contribution in [0.1, 0.15) is 50.7 Å². The van der Waals surface area contributed by atoms with Crippen molar-refractivity contribution in [2.45, 2.75) is 64.6 Å². The van der Waals surface area contributed by atoms with E-state index in [1.807, 2.05) is 42.5 Å². The smallest absolute Gasteiger partial charge is 0.261 e. The minimum absolute atomic E-state index is 0.139. The molecule has 1 fully saturated rings. The van der Waals surface area contributed by atoms with E-state index in [2.05, 4.69) is 12.2 Å². The third-order valence-electron chi connectivity index (χ3n) is 5.86. The van der Waals surface area contributed by atoms with E-state index in [-0.39, 0.29) is 31.0 Å². The molecule has 0 bridgehead atoms. The Morgan fingerprint density at radius 3 is 2.45 bits per heavy atom. The zero-order valence-electron chi connectivity index (χ0n) is 18.3. The van der Waals surface area contributed by atoms with Gasteiger partial charge in [0.2, 0.25) is 5.91 Å². The number of hydrogen-bond acceptors (Lipinski definition) is 3. The molecule has 3 rings (SSSR count). The standard InChI is InChI=1S/C25H31ClN2O3/c1-3-19-12-14-22(15-13-19)31-17-24(29)28(16-20-8-4-7-11-23(20)26)18(2)25(30)27-21-9-5-6-10-21/h4,7-8,11-15,18,21H,3,5-6,9-10,16-17H2,1-2H3,(H,27,30). The van der Waals surface area contributed by atoms with Crippen LogP contribution in [0.4, 0.5) is 0 Å². The Morgan fingerprint density at radius 1 is 1.13 bits per heavy atom. The first-order valence-corrected chi connectivity index (χ1v) is 11.4. The van der Waals surface area contributed by atoms with E-state index in [4.69, 9.17) is 16.3 Å². The predicted octanol–water partition coefficient (Wildman–Crippen LogP) is 4.76. The fourth-order valence-corrected chi connectivity index (χ4v) is 4.03. The number of rotatable bonds is 9. The summed E-state index contributed by atoms with van der Waals surface area (Å²) in [6.07, 6.45) is 5.19. The van der Waals surface area contributed by atoms with Crippen LogP contribution in [-0.4, -0.2) is 35.4 Å². The summed E-state index contributed by atoms with van der Waals surface area (Å²) in [4.78, 5) is 27.5. The first kappa shape index (κ1) is 23.1. The second kappa shape index (κ2) is 11.2. The molecule has 2 amide bonds. The number of nitrogens with zero attached hydrogens (tertiary/aromatic N) is 1. The third kappa shape index (κ3) is 6.47. The van der Waals surface area contributed by atoms with Gasteiger partial charge in [-0.1, -0.05) is 61.7 Å². The van der Waals surface area contributed by atoms with Gasteiger partial charge in [-0.2, -0.15) is 0 Å². The number of amides is 2. The highest BCUT2D eigenvalue weighted by molar-refractivity contribution is 6.31. The van der Waals surface area contributed by atoms with E-state index in [1.165, 1.54) is 5.56 Å². The average Bonchev–Trinajstić information content (AvgIpc) is 3.30. The number of carbonyl (C=O) groups excluding carboxylic acids is 2. The van der Waals surface area contributed by atoms with E-state index in [9.17, 15) is 9.59 Å². The highest BCUT2D eigenvalue weighted by Crippen LogP contribution is 2.21. The highest BCUT2D eigenvalue weighted by Gasteiger charge is 2.29. The van der Waals surface area contributed by atoms with E-state index >= 15 is 0 Å². The summed E-state index contributed by atoms with van der Waals surface area (Å²) in [6, 6.07) is 14.6. The van der Waals surface area contributed by atoms with E-state index in [0.717, 1.165) is 37.7 Å². The lowest BCUT2D eigenvalue weighted by molar-refractivity contribution is -0.142. The fourth-order valence-electron chi connectivity index (χ4n) is 3.83. The van der Waals surface area contributed by atoms with Gasteiger partial charge in [-0.25, -0.2) is 0 Å². The molecular formula is C25H31ClN2O3. The van der Waals surface area contributed by atoms with Gasteiger partial charge >= 0.3 is 0 Å². The van der Waals surface area contributed by atoms with Crippen LogP contribution in [0.15, 0.2) is 48.5 Å². The molecule has 0 aliphatic heterocycles. The van der Waals surface area contributed by atoms with Crippen LogP contribution in [0.2, 0.25) is 5.02 Å². The largest absolute Gasteiger partial charge is 0.484 e. The van der Waals surface area contributed by atoms with Crippen molar-refractivity contribution >= 4 is 23.4 Å². The molecule has 2 aromatic rings. The van der Waals surface area contributed by atoms with Gasteiger partial charge in [0.05, 0.1) is 0 Å². The molecule has 1 aliphatic carbocycles. The second-order valence-electron chi connectivity index (χ2n) is 8.07. The van der Waals surface area contributed by atoms with Crippen LogP contribution in [-0.2, 0) is 22.6 Å². The van der Waals surface area contributed by atoms with Crippen molar-refractivity contribution in [3.05, 3.63) is 64.7 Å². The zero-order chi connectivity index (χ0) is 22.2. The van der Waals surface area contributed by atoms with Crippen molar-refractivity contribution in [3.8, 4) is 5.75 Å². The molecule has 1 aliphatic rings. The zero-order valence-corrected chi connectivity index (χ0v) is 19.0. The molecule has 166 valence electrons. The van der Waals surface area contributed by atoms with Crippen LogP contribution < -0.4 is 10.1 Å². The number of ether oxygens (including phenoxy) is 1. The number of halogens is 1. The van der Waals surface area contributed by atoms with Gasteiger partial charge in [0.15, 0.2) is 6.61 Å². The van der Waals surface area contributed by atoms with Gasteiger partial charge in [-0.15, -0.1) is 0 Å². The number of carbonyl (C=O) groups is 2. The summed E-state index contributed by atoms with van der Waals surface area (Å²) >= 11 is 6.33. The maximum Gasteiger partial charge on any atom is 0.261 e. The Balaban J connectivity index is 1.70. The van der Waals surface area contributed by atoms with Crippen molar-refractivity contribution in [2.75, 3.05) is 6.61 Å². The Bertz CT molecular complexity index is 879. The molecule has 2 aromatic carbocycles. The molecule has 1 saturated carbocycles. The Kier molecular flexibility index (Phi) is 8.35. The molecule has 1 unspecified atom stereocenters. The van der Waals surface area contributed by atoms with Crippen molar-refractivity contribution in [1.29, 1.82) is 0 Å². The van der Waals surface area contributed by atoms with Gasteiger partial charge in [0.1, 0.15) is 11.8 Å². The van der Waals surface area contributed by atoms with Gasteiger partial charge in [0.25, 0.3) is 5.91 Å². The molecule has 0 heterocycles. The minimum Gasteiger partial charge on any atom is -0.484 e. The second-order valence-corrected chi connectivity index (χ2v) is 8.47. The summed E-state index contributed by atoms with van der Waals surface area (Å²) in [7, 11) is 0. The number of nitrogens with one attached hydrogen (secondary N) is 1. The van der Waals surface area contributed by atoms with E-state index in [0.29, 0.717) is 10.8 Å². The summed E-state index contributed by atoms with van der Waals surface area (Å²) < 4.78 is 5.72. The first-order valence-electron chi connectivity index (χ1n) is 11.0. The maximum atomic E-state index is 13.1. The summed E-state index contributed by atoms with van der Waals surface area (Å²) in [5.74, 6) is 0.236. The minimum atomic E-state index is -0.629. The van der Waals surface area contributed by atoms with Crippen molar-refractivity contribution in [1.82, 2.24) is 10.2 Å². The summed E-state index contributed by atoms with van der Waals surface area (Å²) in [5.41, 5.74) is 2.00. The molecular weight excluding hydrogens is 412 g/mol. The van der Waals surface area contributed by atoms with Gasteiger partial charge in [-0.3, -0.25) is 9.59 Å². The molecule has 1 atom stereocenters. The van der Waals surface area contributed by atoms with Crippen molar-refractivity contribution in [3.63, 3.8) is 0 Å². The molecule has 31 heavy (non-hydrogen) atoms. The van der Waals surface area contributed by atoms with Crippen LogP contribution in [0.3, 0.4) is 0 Å². The highest BCUT2D eigenvalue weighted by atomic mass is 35.5. The molecule has 6 heteroatoms. The number of hydrogen-bond donors (Lipinski definition) is 1. The molecule has 0 saturated heterocycles. The predicted molar refractivity (Wildman–Crippen MR) is 123 cm³/mol. The Morgan fingerprint density at radius 2 is 1.81 bits per heavy atom. The van der Waals surface area contributed by atoms with Crippen molar-refractivity contribution < 1.29 is 14.3 Å². The van der Waals surface area contributed by atoms with E-state index < -0.39 is 6.04 Å². The Hall–Kier alpha value is -2.53.